The summed E-state index contributed by atoms with van der Waals surface area (Å²) in [5.41, 5.74) is 0.923. The summed E-state index contributed by atoms with van der Waals surface area (Å²) in [6.07, 6.45) is 1.44. The van der Waals surface area contributed by atoms with Crippen LogP contribution in [0.15, 0.2) is 35.1 Å². The van der Waals surface area contributed by atoms with E-state index >= 15 is 0 Å². The van der Waals surface area contributed by atoms with Crippen LogP contribution in [0.4, 0.5) is 0 Å². The Morgan fingerprint density at radius 1 is 1.44 bits per heavy atom. The summed E-state index contributed by atoms with van der Waals surface area (Å²) in [6.45, 7) is 0.295. The Morgan fingerprint density at radius 3 is 3.00 bits per heavy atom. The van der Waals surface area contributed by atoms with Gasteiger partial charge in [0.25, 0.3) is 5.91 Å². The number of nitrogens with zero attached hydrogens (tertiary/aromatic N) is 2. The molecule has 2 aromatic heterocycles. The van der Waals surface area contributed by atoms with Crippen LogP contribution in [0.5, 0.6) is 0 Å². The molecule has 16 heavy (non-hydrogen) atoms. The van der Waals surface area contributed by atoms with Crippen molar-refractivity contribution in [3.05, 3.63) is 47.1 Å². The van der Waals surface area contributed by atoms with Crippen molar-refractivity contribution in [1.29, 1.82) is 0 Å². The standard InChI is InChI=1S/C10H8ClN3O2/c11-9-3-1-2-8(13-9)10(15)12-6-7-4-5-16-14-7/h1-5H,6H2,(H,12,15). The second-order valence-electron chi connectivity index (χ2n) is 3.02. The van der Waals surface area contributed by atoms with E-state index in [1.807, 2.05) is 0 Å². The average Bonchev–Trinajstić information content (AvgIpc) is 2.78. The molecule has 2 rings (SSSR count). The molecule has 0 spiro atoms. The molecule has 6 heteroatoms. The molecule has 0 aliphatic rings. The van der Waals surface area contributed by atoms with Gasteiger partial charge in [0.2, 0.25) is 0 Å². The third-order valence-corrected chi connectivity index (χ3v) is 2.08. The van der Waals surface area contributed by atoms with Gasteiger partial charge in [-0.15, -0.1) is 0 Å². The van der Waals surface area contributed by atoms with Crippen LogP contribution in [0.2, 0.25) is 5.15 Å². The molecule has 82 valence electrons. The Morgan fingerprint density at radius 2 is 2.31 bits per heavy atom. The maximum atomic E-state index is 11.6. The second kappa shape index (κ2) is 4.76. The van der Waals surface area contributed by atoms with Crippen LogP contribution in [0.25, 0.3) is 0 Å². The molecule has 0 aliphatic carbocycles. The predicted molar refractivity (Wildman–Crippen MR) is 56.9 cm³/mol. The minimum Gasteiger partial charge on any atom is -0.364 e. The molecule has 0 aliphatic heterocycles. The number of hydrogen-bond donors (Lipinski definition) is 1. The molecular weight excluding hydrogens is 230 g/mol. The Bertz CT molecular complexity index is 485. The number of amides is 1. The van der Waals surface area contributed by atoms with E-state index in [0.717, 1.165) is 0 Å². The van der Waals surface area contributed by atoms with Gasteiger partial charge in [-0.25, -0.2) is 4.98 Å². The number of halogens is 1. The summed E-state index contributed by atoms with van der Waals surface area (Å²) in [6, 6.07) is 6.53. The summed E-state index contributed by atoms with van der Waals surface area (Å²) in [4.78, 5) is 15.5. The van der Waals surface area contributed by atoms with Crippen LogP contribution in [0.3, 0.4) is 0 Å². The minimum absolute atomic E-state index is 0.274. The third kappa shape index (κ3) is 2.58. The van der Waals surface area contributed by atoms with E-state index < -0.39 is 0 Å². The smallest absolute Gasteiger partial charge is 0.270 e. The number of hydrogen-bond acceptors (Lipinski definition) is 4. The first-order valence-corrected chi connectivity index (χ1v) is 4.93. The van der Waals surface area contributed by atoms with Crippen molar-refractivity contribution >= 4 is 17.5 Å². The van der Waals surface area contributed by atoms with Gasteiger partial charge < -0.3 is 9.84 Å². The van der Waals surface area contributed by atoms with Crippen LogP contribution < -0.4 is 5.32 Å². The molecule has 1 amide bonds. The van der Waals surface area contributed by atoms with Crippen molar-refractivity contribution in [3.8, 4) is 0 Å². The van der Waals surface area contributed by atoms with E-state index in [1.165, 1.54) is 6.26 Å². The van der Waals surface area contributed by atoms with Crippen molar-refractivity contribution in [1.82, 2.24) is 15.5 Å². The van der Waals surface area contributed by atoms with Gasteiger partial charge in [0.05, 0.1) is 6.54 Å². The van der Waals surface area contributed by atoms with Crippen LogP contribution in [0, 0.1) is 0 Å². The van der Waals surface area contributed by atoms with Gasteiger partial charge in [0, 0.05) is 6.07 Å². The lowest BCUT2D eigenvalue weighted by Gasteiger charge is -2.01. The van der Waals surface area contributed by atoms with Gasteiger partial charge >= 0.3 is 0 Å². The molecule has 0 atom stereocenters. The van der Waals surface area contributed by atoms with Crippen molar-refractivity contribution in [2.24, 2.45) is 0 Å². The number of pyridine rings is 1. The maximum absolute atomic E-state index is 11.6. The molecular formula is C10H8ClN3O2. The zero-order valence-electron chi connectivity index (χ0n) is 8.18. The van der Waals surface area contributed by atoms with E-state index in [1.54, 1.807) is 24.3 Å². The van der Waals surface area contributed by atoms with Gasteiger partial charge in [-0.2, -0.15) is 0 Å². The van der Waals surface area contributed by atoms with Gasteiger partial charge in [0.15, 0.2) is 0 Å². The lowest BCUT2D eigenvalue weighted by Crippen LogP contribution is -2.23. The first-order chi connectivity index (χ1) is 7.75. The fraction of sp³-hybridized carbons (Fsp3) is 0.100. The number of aromatic nitrogens is 2. The number of nitrogens with one attached hydrogen (secondary N) is 1. The van der Waals surface area contributed by atoms with E-state index in [9.17, 15) is 4.79 Å². The average molecular weight is 238 g/mol. The Hall–Kier alpha value is -1.88. The number of carbonyl (C=O) groups excluding carboxylic acids is 1. The van der Waals surface area contributed by atoms with E-state index in [2.05, 4.69) is 20.0 Å². The lowest BCUT2D eigenvalue weighted by molar-refractivity contribution is 0.0945. The number of carbonyl (C=O) groups is 1. The fourth-order valence-corrected chi connectivity index (χ4v) is 1.29. The zero-order chi connectivity index (χ0) is 11.4. The van der Waals surface area contributed by atoms with Crippen molar-refractivity contribution < 1.29 is 9.32 Å². The summed E-state index contributed by atoms with van der Waals surface area (Å²) < 4.78 is 4.63. The Balaban J connectivity index is 1.98. The molecule has 0 bridgehead atoms. The van der Waals surface area contributed by atoms with Gasteiger partial charge in [0.1, 0.15) is 22.8 Å². The molecule has 2 heterocycles. The monoisotopic (exact) mass is 237 g/mol. The number of rotatable bonds is 3. The zero-order valence-corrected chi connectivity index (χ0v) is 8.94. The highest BCUT2D eigenvalue weighted by atomic mass is 35.5. The van der Waals surface area contributed by atoms with E-state index in [0.29, 0.717) is 12.2 Å². The SMILES string of the molecule is O=C(NCc1ccon1)c1cccc(Cl)n1. The van der Waals surface area contributed by atoms with Crippen molar-refractivity contribution in [2.75, 3.05) is 0 Å². The highest BCUT2D eigenvalue weighted by molar-refractivity contribution is 6.29. The molecule has 1 N–H and O–H groups in total. The van der Waals surface area contributed by atoms with Crippen LogP contribution in [-0.2, 0) is 6.54 Å². The topological polar surface area (TPSA) is 68.0 Å². The molecule has 0 radical (unpaired) electrons. The lowest BCUT2D eigenvalue weighted by atomic mass is 10.3. The Kier molecular flexibility index (Phi) is 3.16. The second-order valence-corrected chi connectivity index (χ2v) is 3.41. The molecule has 5 nitrogen and oxygen atoms in total. The van der Waals surface area contributed by atoms with Crippen LogP contribution in [-0.4, -0.2) is 16.0 Å². The van der Waals surface area contributed by atoms with Crippen molar-refractivity contribution in [3.63, 3.8) is 0 Å². The highest BCUT2D eigenvalue weighted by Crippen LogP contribution is 2.05. The third-order valence-electron chi connectivity index (χ3n) is 1.87. The Labute approximate surface area is 96.4 Å². The van der Waals surface area contributed by atoms with E-state index in [4.69, 9.17) is 11.6 Å². The summed E-state index contributed by atoms with van der Waals surface area (Å²) in [7, 11) is 0. The van der Waals surface area contributed by atoms with Crippen molar-refractivity contribution in [2.45, 2.75) is 6.54 Å². The quantitative estimate of drug-likeness (QED) is 0.825. The van der Waals surface area contributed by atoms with E-state index in [-0.39, 0.29) is 16.8 Å². The summed E-state index contributed by atoms with van der Waals surface area (Å²) in [5, 5.41) is 6.60. The molecule has 2 aromatic rings. The highest BCUT2D eigenvalue weighted by Gasteiger charge is 2.07. The normalized spacial score (nSPS) is 10.1. The molecule has 0 saturated heterocycles. The predicted octanol–water partition coefficient (Wildman–Crippen LogP) is 1.65. The largest absolute Gasteiger partial charge is 0.364 e. The first kappa shape index (κ1) is 10.6. The fourth-order valence-electron chi connectivity index (χ4n) is 1.12. The first-order valence-electron chi connectivity index (χ1n) is 4.56. The molecule has 0 aromatic carbocycles. The molecule has 0 unspecified atom stereocenters. The maximum Gasteiger partial charge on any atom is 0.270 e. The van der Waals surface area contributed by atoms with Crippen LogP contribution in [0.1, 0.15) is 16.2 Å². The van der Waals surface area contributed by atoms with Gasteiger partial charge in [-0.05, 0) is 12.1 Å². The summed E-state index contributed by atoms with van der Waals surface area (Å²) in [5.74, 6) is -0.300. The summed E-state index contributed by atoms with van der Waals surface area (Å²) >= 11 is 5.67. The molecule has 0 saturated carbocycles. The van der Waals surface area contributed by atoms with Gasteiger partial charge in [-0.1, -0.05) is 22.8 Å². The molecule has 0 fully saturated rings. The van der Waals surface area contributed by atoms with Crippen LogP contribution >= 0.6 is 11.6 Å². The van der Waals surface area contributed by atoms with Gasteiger partial charge in [-0.3, -0.25) is 4.79 Å². The minimum atomic E-state index is -0.300.